The second kappa shape index (κ2) is 11.8. The van der Waals surface area contributed by atoms with Crippen LogP contribution in [0, 0.1) is 0 Å². The highest BCUT2D eigenvalue weighted by Gasteiger charge is 2.34. The molecule has 3 atom stereocenters. The Kier molecular flexibility index (Phi) is 8.57. The van der Waals surface area contributed by atoms with Crippen LogP contribution < -0.4 is 10.6 Å². The molecule has 1 amide bonds. The first-order valence-electron chi connectivity index (χ1n) is 13.1. The number of phenolic OH excluding ortho intramolecular Hbond substituents is 1. The minimum atomic E-state index is -0.163. The number of nitrogens with one attached hydrogen (secondary N) is 2. The maximum Gasteiger partial charge on any atom is 0.268 e. The summed E-state index contributed by atoms with van der Waals surface area (Å²) < 4.78 is 2.27. The van der Waals surface area contributed by atoms with Gasteiger partial charge in [0, 0.05) is 41.0 Å². The van der Waals surface area contributed by atoms with Crippen LogP contribution in [-0.4, -0.2) is 34.7 Å². The van der Waals surface area contributed by atoms with E-state index in [1.807, 2.05) is 30.3 Å². The number of aromatic nitrogens is 1. The van der Waals surface area contributed by atoms with Gasteiger partial charge in [0.1, 0.15) is 11.4 Å². The molecule has 1 aliphatic heterocycles. The molecule has 5 rings (SSSR count). The van der Waals surface area contributed by atoms with Gasteiger partial charge in [0.25, 0.3) is 5.91 Å². The zero-order chi connectivity index (χ0) is 25.1. The van der Waals surface area contributed by atoms with Crippen molar-refractivity contribution in [1.29, 1.82) is 0 Å². The monoisotopic (exact) mass is 517 g/mol. The molecule has 5 nitrogen and oxygen atoms in total. The van der Waals surface area contributed by atoms with Crippen molar-refractivity contribution in [3.8, 4) is 5.75 Å². The average Bonchev–Trinajstić information content (AvgIpc) is 3.56. The van der Waals surface area contributed by atoms with Crippen LogP contribution in [-0.2, 0) is 0 Å². The number of rotatable bonds is 8. The van der Waals surface area contributed by atoms with Crippen LogP contribution in [0.1, 0.15) is 72.2 Å². The smallest absolute Gasteiger partial charge is 0.268 e. The zero-order valence-corrected chi connectivity index (χ0v) is 22.3. The minimum absolute atomic E-state index is 0. The third kappa shape index (κ3) is 5.25. The molecule has 0 aliphatic carbocycles. The van der Waals surface area contributed by atoms with Gasteiger partial charge in [-0.05, 0) is 62.1 Å². The molecule has 2 heterocycles. The molecule has 0 bridgehead atoms. The maximum absolute atomic E-state index is 14.0. The molecule has 0 saturated carbocycles. The molecule has 1 saturated heterocycles. The summed E-state index contributed by atoms with van der Waals surface area (Å²) in [5.74, 6) is 0.0338. The first-order chi connectivity index (χ1) is 17.6. The van der Waals surface area contributed by atoms with Crippen LogP contribution in [0.5, 0.6) is 5.75 Å². The quantitative estimate of drug-likeness (QED) is 0.253. The summed E-state index contributed by atoms with van der Waals surface area (Å²) in [6.07, 6.45) is 3.12. The number of benzene rings is 3. The molecule has 4 aromatic rings. The van der Waals surface area contributed by atoms with Crippen molar-refractivity contribution in [3.05, 3.63) is 101 Å². The summed E-state index contributed by atoms with van der Waals surface area (Å²) in [5, 5.41) is 17.9. The third-order valence-electron chi connectivity index (χ3n) is 7.44. The Morgan fingerprint density at radius 1 is 1.03 bits per heavy atom. The van der Waals surface area contributed by atoms with Crippen LogP contribution >= 0.6 is 12.4 Å². The second-order valence-corrected chi connectivity index (χ2v) is 9.78. The Bertz CT molecular complexity index is 1330. The summed E-state index contributed by atoms with van der Waals surface area (Å²) in [4.78, 5) is 14.0. The number of carbonyl (C=O) groups is 1. The maximum atomic E-state index is 14.0. The van der Waals surface area contributed by atoms with Gasteiger partial charge in [-0.3, -0.25) is 4.79 Å². The number of nitrogens with zero attached hydrogens (tertiary/aromatic N) is 1. The highest BCUT2D eigenvalue weighted by molar-refractivity contribution is 6.03. The van der Waals surface area contributed by atoms with Crippen molar-refractivity contribution in [3.63, 3.8) is 0 Å². The number of para-hydroxylation sites is 1. The molecular formula is C31H36ClN3O2. The number of phenols is 1. The number of hydrogen-bond donors (Lipinski definition) is 3. The molecule has 3 unspecified atom stereocenters. The fourth-order valence-electron chi connectivity index (χ4n) is 5.70. The van der Waals surface area contributed by atoms with Gasteiger partial charge in [0.2, 0.25) is 0 Å². The first-order valence-corrected chi connectivity index (χ1v) is 13.1. The normalized spacial score (nSPS) is 16.8. The molecule has 1 fully saturated rings. The predicted octanol–water partition coefficient (Wildman–Crippen LogP) is 6.40. The molecule has 6 heteroatoms. The molecule has 0 spiro atoms. The van der Waals surface area contributed by atoms with Crippen molar-refractivity contribution in [1.82, 2.24) is 15.2 Å². The molecule has 37 heavy (non-hydrogen) atoms. The summed E-state index contributed by atoms with van der Waals surface area (Å²) in [7, 11) is 0. The van der Waals surface area contributed by atoms with Crippen molar-refractivity contribution in [2.45, 2.75) is 51.1 Å². The van der Waals surface area contributed by atoms with Gasteiger partial charge in [0.15, 0.2) is 0 Å². The van der Waals surface area contributed by atoms with Gasteiger partial charge >= 0.3 is 0 Å². The van der Waals surface area contributed by atoms with Crippen molar-refractivity contribution < 1.29 is 9.90 Å². The fraction of sp³-hybridized carbons (Fsp3) is 0.323. The molecule has 1 aliphatic rings. The number of hydrogen-bond acceptors (Lipinski definition) is 3. The largest absolute Gasteiger partial charge is 0.508 e. The predicted molar refractivity (Wildman–Crippen MR) is 153 cm³/mol. The summed E-state index contributed by atoms with van der Waals surface area (Å²) in [6.45, 7) is 5.95. The van der Waals surface area contributed by atoms with E-state index >= 15 is 0 Å². The molecule has 1 aromatic heterocycles. The van der Waals surface area contributed by atoms with Crippen molar-refractivity contribution in [2.24, 2.45) is 0 Å². The lowest BCUT2D eigenvalue weighted by atomic mass is 9.83. The van der Waals surface area contributed by atoms with Gasteiger partial charge in [0.05, 0.1) is 0 Å². The SMILES string of the molecule is CCCNC(=O)c1c(C(c2ccccc2)c2ccc(O)cc2)c2ccccc2n1C(C)C1CCCN1.Cl. The van der Waals surface area contributed by atoms with E-state index in [0.29, 0.717) is 12.6 Å². The Labute approximate surface area is 225 Å². The number of fused-ring (bicyclic) bond motifs is 1. The van der Waals surface area contributed by atoms with E-state index in [0.717, 1.165) is 59.1 Å². The van der Waals surface area contributed by atoms with Gasteiger partial charge in [-0.1, -0.05) is 67.6 Å². The van der Waals surface area contributed by atoms with Crippen molar-refractivity contribution in [2.75, 3.05) is 13.1 Å². The third-order valence-corrected chi connectivity index (χ3v) is 7.44. The van der Waals surface area contributed by atoms with Crippen LogP contribution in [0.4, 0.5) is 0 Å². The van der Waals surface area contributed by atoms with Gasteiger partial charge in [-0.2, -0.15) is 0 Å². The van der Waals surface area contributed by atoms with Gasteiger partial charge in [-0.25, -0.2) is 0 Å². The lowest BCUT2D eigenvalue weighted by Gasteiger charge is -2.26. The van der Waals surface area contributed by atoms with E-state index in [2.05, 4.69) is 65.4 Å². The number of carbonyl (C=O) groups excluding carboxylic acids is 1. The van der Waals surface area contributed by atoms with E-state index in [9.17, 15) is 9.90 Å². The highest BCUT2D eigenvalue weighted by Crippen LogP contribution is 2.42. The Hall–Kier alpha value is -3.28. The number of aromatic hydroxyl groups is 1. The lowest BCUT2D eigenvalue weighted by molar-refractivity contribution is 0.0941. The van der Waals surface area contributed by atoms with Crippen LogP contribution in [0.25, 0.3) is 10.9 Å². The second-order valence-electron chi connectivity index (χ2n) is 9.78. The van der Waals surface area contributed by atoms with Gasteiger partial charge in [-0.15, -0.1) is 12.4 Å². The topological polar surface area (TPSA) is 66.3 Å². The number of amides is 1. The Morgan fingerprint density at radius 3 is 2.38 bits per heavy atom. The zero-order valence-electron chi connectivity index (χ0n) is 21.5. The van der Waals surface area contributed by atoms with E-state index in [-0.39, 0.29) is 36.0 Å². The fourth-order valence-corrected chi connectivity index (χ4v) is 5.70. The van der Waals surface area contributed by atoms with E-state index in [1.165, 1.54) is 0 Å². The van der Waals surface area contributed by atoms with Crippen LogP contribution in [0.15, 0.2) is 78.9 Å². The van der Waals surface area contributed by atoms with Crippen LogP contribution in [0.3, 0.4) is 0 Å². The van der Waals surface area contributed by atoms with Gasteiger partial charge < -0.3 is 20.3 Å². The summed E-state index contributed by atoms with van der Waals surface area (Å²) in [6, 6.07) is 26.6. The van der Waals surface area contributed by atoms with Crippen LogP contribution in [0.2, 0.25) is 0 Å². The van der Waals surface area contributed by atoms with E-state index < -0.39 is 0 Å². The molecule has 194 valence electrons. The molecule has 3 N–H and O–H groups in total. The first kappa shape index (κ1) is 26.8. The summed E-state index contributed by atoms with van der Waals surface area (Å²) in [5.41, 5.74) is 4.98. The molecule has 0 radical (unpaired) electrons. The lowest BCUT2D eigenvalue weighted by Crippen LogP contribution is -2.35. The Balaban J connectivity index is 0.00000320. The van der Waals surface area contributed by atoms with E-state index in [1.54, 1.807) is 12.1 Å². The highest BCUT2D eigenvalue weighted by atomic mass is 35.5. The standard InChI is InChI=1S/C31H35N3O2.ClH/c1-3-19-33-31(36)30-29(28(22-10-5-4-6-11-22)23-15-17-24(35)18-16-23)25-12-7-8-14-27(25)34(30)21(2)26-13-9-20-32-26;/h4-8,10-12,14-18,21,26,28,32,35H,3,9,13,19-20H2,1-2H3,(H,33,36);1H. The molecule has 3 aromatic carbocycles. The van der Waals surface area contributed by atoms with Crippen molar-refractivity contribution >= 4 is 29.2 Å². The minimum Gasteiger partial charge on any atom is -0.508 e. The molecular weight excluding hydrogens is 482 g/mol. The summed E-state index contributed by atoms with van der Waals surface area (Å²) >= 11 is 0. The average molecular weight is 518 g/mol. The van der Waals surface area contributed by atoms with E-state index in [4.69, 9.17) is 0 Å². The number of halogens is 1. The Morgan fingerprint density at radius 2 is 1.70 bits per heavy atom.